The van der Waals surface area contributed by atoms with Crippen LogP contribution in [0.5, 0.6) is 0 Å². The molecule has 0 rings (SSSR count). The Morgan fingerprint density at radius 1 is 1.80 bits per heavy atom. The van der Waals surface area contributed by atoms with Gasteiger partial charge in [0.25, 0.3) is 10.1 Å². The summed E-state index contributed by atoms with van der Waals surface area (Å²) >= 11 is 0. The van der Waals surface area contributed by atoms with Gasteiger partial charge in [0.2, 0.25) is 0 Å². The second kappa shape index (κ2) is 2.95. The Balaban J connectivity index is 4.22. The summed E-state index contributed by atoms with van der Waals surface area (Å²) in [6, 6.07) is -1.59. The molecule has 0 bridgehead atoms. The zero-order valence-electron chi connectivity index (χ0n) is 5.81. The Kier molecular flexibility index (Phi) is 2.20. The molecule has 0 aromatic rings. The topological polar surface area (TPSA) is 118 Å². The van der Waals surface area contributed by atoms with Crippen LogP contribution in [0.3, 0.4) is 0 Å². The first kappa shape index (κ1) is 7.45. The molecule has 0 unspecified atom stereocenters. The quantitative estimate of drug-likeness (QED) is 0.432. The number of hydrogen-bond acceptors (Lipinski definition) is 4. The van der Waals surface area contributed by atoms with Gasteiger partial charge >= 0.3 is 5.97 Å². The molecule has 0 aromatic carbocycles. The fourth-order valence-corrected chi connectivity index (χ4v) is 0.846. The van der Waals surface area contributed by atoms with Crippen LogP contribution in [0.2, 0.25) is 1.41 Å². The summed E-state index contributed by atoms with van der Waals surface area (Å²) in [5, 5.41) is 8.18. The van der Waals surface area contributed by atoms with Crippen molar-refractivity contribution in [3.05, 3.63) is 0 Å². The molecule has 0 radical (unpaired) electrons. The van der Waals surface area contributed by atoms with Crippen molar-refractivity contribution in [1.29, 1.82) is 0 Å². The molecule has 0 amide bonds. The molecule has 0 saturated heterocycles. The van der Waals surface area contributed by atoms with Crippen LogP contribution < -0.4 is 5.73 Å². The van der Waals surface area contributed by atoms with Gasteiger partial charge in [-0.2, -0.15) is 8.42 Å². The number of nitrogens with two attached hydrogens (primary N) is 1. The highest BCUT2D eigenvalue weighted by atomic mass is 32.2. The van der Waals surface area contributed by atoms with Crippen LogP contribution in [0.15, 0.2) is 0 Å². The van der Waals surface area contributed by atoms with Gasteiger partial charge < -0.3 is 10.8 Å². The largest absolute Gasteiger partial charge is 0.480 e. The number of carboxylic acids is 1. The van der Waals surface area contributed by atoms with Crippen LogP contribution in [-0.2, 0) is 14.9 Å². The summed E-state index contributed by atoms with van der Waals surface area (Å²) in [4.78, 5) is 10.1. The molecule has 0 fully saturated rings. The second-order valence-electron chi connectivity index (χ2n) is 1.64. The van der Waals surface area contributed by atoms with E-state index >= 15 is 0 Å². The van der Waals surface area contributed by atoms with Gasteiger partial charge in [-0.15, -0.1) is 0 Å². The summed E-state index contributed by atoms with van der Waals surface area (Å²) in [5.74, 6) is -2.51. The van der Waals surface area contributed by atoms with Crippen molar-refractivity contribution in [3.8, 4) is 0 Å². The van der Waals surface area contributed by atoms with E-state index in [2.05, 4.69) is 0 Å². The highest BCUT2D eigenvalue weighted by Gasteiger charge is 2.18. The summed E-state index contributed by atoms with van der Waals surface area (Å²) in [7, 11) is -4.34. The van der Waals surface area contributed by atoms with E-state index in [1.807, 2.05) is 0 Å². The van der Waals surface area contributed by atoms with Crippen LogP contribution >= 0.6 is 0 Å². The number of carboxylic acid groups (broad SMARTS) is 1. The fraction of sp³-hybridized carbons (Fsp3) is 0.667. The molecular weight excluding hydrogens is 162 g/mol. The van der Waals surface area contributed by atoms with Crippen molar-refractivity contribution in [2.24, 2.45) is 5.73 Å². The lowest BCUT2D eigenvalue weighted by atomic mass is 10.4. The lowest BCUT2D eigenvalue weighted by molar-refractivity contribution is -0.138. The summed E-state index contributed by atoms with van der Waals surface area (Å²) in [6.45, 7) is 0. The zero-order valence-corrected chi connectivity index (χ0v) is 5.63. The third-order valence-electron chi connectivity index (χ3n) is 0.675. The highest BCUT2D eigenvalue weighted by molar-refractivity contribution is 7.85. The maximum absolute atomic E-state index is 10.1. The molecule has 0 aliphatic rings. The molecule has 4 N–H and O–H groups in total. The van der Waals surface area contributed by atoms with E-state index in [0.29, 0.717) is 0 Å². The Labute approximate surface area is 58.9 Å². The standard InChI is InChI=1S/C3H7NO5S/c4-2(3(5)6)1-10(7,8)9/h2H,1,4H2,(H,5,6)(H,7,8,9)/t2-/m0/s1/i/hD. The minimum atomic E-state index is -4.34. The van der Waals surface area contributed by atoms with Gasteiger partial charge in [-0.1, -0.05) is 0 Å². The van der Waals surface area contributed by atoms with Crippen LogP contribution in [0.4, 0.5) is 0 Å². The number of carbonyl (C=O) groups is 1. The average Bonchev–Trinajstić information content (AvgIpc) is 1.80. The second-order valence-corrected chi connectivity index (χ2v) is 3.14. The van der Waals surface area contributed by atoms with Gasteiger partial charge in [-0.05, 0) is 0 Å². The van der Waals surface area contributed by atoms with E-state index in [1.54, 1.807) is 0 Å². The number of rotatable bonds is 4. The van der Waals surface area contributed by atoms with Crippen molar-refractivity contribution in [2.75, 3.05) is 5.75 Å². The van der Waals surface area contributed by atoms with Crippen molar-refractivity contribution in [1.82, 2.24) is 0 Å². The molecule has 6 nitrogen and oxygen atoms in total. The van der Waals surface area contributed by atoms with Gasteiger partial charge in [0.15, 0.2) is 0 Å². The minimum absolute atomic E-state index is 1.01. The first-order chi connectivity index (χ1) is 4.87. The number of hydrogen-bond donors (Lipinski definition) is 3. The van der Waals surface area contributed by atoms with E-state index in [1.165, 1.54) is 5.73 Å². The molecule has 10 heavy (non-hydrogen) atoms. The van der Waals surface area contributed by atoms with Gasteiger partial charge in [0.1, 0.15) is 13.2 Å². The highest BCUT2D eigenvalue weighted by Crippen LogP contribution is 1.86. The maximum Gasteiger partial charge on any atom is 0.321 e. The lowest BCUT2D eigenvalue weighted by Gasteiger charge is -2.01. The molecule has 1 atom stereocenters. The van der Waals surface area contributed by atoms with E-state index in [4.69, 9.17) is 11.1 Å². The molecular formula is C3H7NO5S. The van der Waals surface area contributed by atoms with Gasteiger partial charge in [-0.25, -0.2) is 0 Å². The fourth-order valence-electron chi connectivity index (χ4n) is 0.282. The summed E-state index contributed by atoms with van der Waals surface area (Å²) < 4.78 is 34.7. The van der Waals surface area contributed by atoms with E-state index in [-0.39, 0.29) is 0 Å². The maximum atomic E-state index is 10.1. The van der Waals surface area contributed by atoms with Crippen LogP contribution in [0.25, 0.3) is 0 Å². The Morgan fingerprint density at radius 2 is 2.30 bits per heavy atom. The van der Waals surface area contributed by atoms with Crippen molar-refractivity contribution < 1.29 is 24.3 Å². The zero-order chi connectivity index (χ0) is 9.07. The third kappa shape index (κ3) is 4.24. The summed E-state index contributed by atoms with van der Waals surface area (Å²) in [6.07, 6.45) is 0. The molecule has 7 heteroatoms. The molecule has 0 aliphatic heterocycles. The van der Waals surface area contributed by atoms with Gasteiger partial charge in [0.05, 0.1) is 0 Å². The molecule has 0 saturated carbocycles. The number of aliphatic carboxylic acids is 1. The summed E-state index contributed by atoms with van der Waals surface area (Å²) in [5.41, 5.74) is 1.47. The van der Waals surface area contributed by atoms with Crippen molar-refractivity contribution >= 4 is 16.1 Å². The first-order valence-corrected chi connectivity index (χ1v) is 3.83. The van der Waals surface area contributed by atoms with Gasteiger partial charge in [-0.3, -0.25) is 9.35 Å². The monoisotopic (exact) mass is 170 g/mol. The predicted octanol–water partition coefficient (Wildman–Crippen LogP) is -1.71. The van der Waals surface area contributed by atoms with Gasteiger partial charge in [0, 0.05) is 0 Å². The Bertz CT molecular complexity index is 236. The van der Waals surface area contributed by atoms with E-state index < -0.39 is 27.9 Å². The van der Waals surface area contributed by atoms with Crippen LogP contribution in [0, 0.1) is 0 Å². The normalized spacial score (nSPS) is 15.9. The molecule has 60 valence electrons. The van der Waals surface area contributed by atoms with E-state index in [0.717, 1.165) is 0 Å². The molecule has 0 aliphatic carbocycles. The smallest absolute Gasteiger partial charge is 0.321 e. The van der Waals surface area contributed by atoms with Crippen molar-refractivity contribution in [3.63, 3.8) is 0 Å². The SMILES string of the molecule is [2H]N[C@@H](CS(=O)(=O)O)C(=O)O. The lowest BCUT2D eigenvalue weighted by Crippen LogP contribution is -2.36. The van der Waals surface area contributed by atoms with Crippen LogP contribution in [0.1, 0.15) is 0 Å². The predicted molar refractivity (Wildman–Crippen MR) is 32.0 cm³/mol. The molecule has 0 heterocycles. The first-order valence-electron chi connectivity index (χ1n) is 2.72. The minimum Gasteiger partial charge on any atom is -0.480 e. The third-order valence-corrected chi connectivity index (χ3v) is 1.43. The Morgan fingerprint density at radius 3 is 2.40 bits per heavy atom. The molecule has 0 aromatic heterocycles. The molecule has 0 spiro atoms. The van der Waals surface area contributed by atoms with E-state index in [9.17, 15) is 13.2 Å². The average molecular weight is 170 g/mol. The van der Waals surface area contributed by atoms with Crippen LogP contribution in [-0.4, -0.2) is 35.8 Å². The Hall–Kier alpha value is -0.660. The van der Waals surface area contributed by atoms with Crippen molar-refractivity contribution in [2.45, 2.75) is 6.04 Å².